The molecule has 0 amide bonds. The molecule has 4 nitrogen and oxygen atoms in total. The summed E-state index contributed by atoms with van der Waals surface area (Å²) in [6.45, 7) is 4.25. The molecule has 0 radical (unpaired) electrons. The first kappa shape index (κ1) is 22.2. The zero-order chi connectivity index (χ0) is 23.1. The molecule has 8 heteroatoms. The second kappa shape index (κ2) is 8.16. The summed E-state index contributed by atoms with van der Waals surface area (Å²) in [5.41, 5.74) is 2.18. The second-order valence-corrected chi connectivity index (χ2v) is 9.74. The van der Waals surface area contributed by atoms with Crippen LogP contribution < -0.4 is 9.04 Å². The van der Waals surface area contributed by atoms with E-state index in [1.807, 2.05) is 30.3 Å². The van der Waals surface area contributed by atoms with Crippen LogP contribution in [-0.4, -0.2) is 21.6 Å². The maximum Gasteiger partial charge on any atom is 0.416 e. The van der Waals surface area contributed by atoms with Gasteiger partial charge >= 0.3 is 6.18 Å². The van der Waals surface area contributed by atoms with E-state index in [-0.39, 0.29) is 19.1 Å². The third kappa shape index (κ3) is 4.07. The zero-order valence-corrected chi connectivity index (χ0v) is 18.4. The summed E-state index contributed by atoms with van der Waals surface area (Å²) in [7, 11) is -4.23. The van der Waals surface area contributed by atoms with E-state index >= 15 is 0 Å². The van der Waals surface area contributed by atoms with Crippen LogP contribution >= 0.6 is 0 Å². The molecule has 0 bridgehead atoms. The van der Waals surface area contributed by atoms with Crippen LogP contribution in [0.15, 0.2) is 71.6 Å². The zero-order valence-electron chi connectivity index (χ0n) is 17.6. The molecule has 3 aromatic rings. The highest BCUT2D eigenvalue weighted by Gasteiger charge is 2.35. The predicted molar refractivity (Wildman–Crippen MR) is 117 cm³/mol. The summed E-state index contributed by atoms with van der Waals surface area (Å²) < 4.78 is 72.9. The first-order chi connectivity index (χ1) is 15.1. The molecule has 0 atom stereocenters. The topological polar surface area (TPSA) is 46.6 Å². The molecule has 0 saturated carbocycles. The molecule has 0 aromatic heterocycles. The molecule has 0 fully saturated rings. The summed E-state index contributed by atoms with van der Waals surface area (Å²) >= 11 is 0. The molecular formula is C24H22F3NO3S. The van der Waals surface area contributed by atoms with Crippen LogP contribution in [0.2, 0.25) is 0 Å². The van der Waals surface area contributed by atoms with Crippen molar-refractivity contribution in [1.82, 2.24) is 0 Å². The van der Waals surface area contributed by atoms with Gasteiger partial charge in [-0.3, -0.25) is 4.31 Å². The average molecular weight is 462 g/mol. The quantitative estimate of drug-likeness (QED) is 0.473. The van der Waals surface area contributed by atoms with Crippen molar-refractivity contribution in [3.05, 3.63) is 77.9 Å². The van der Waals surface area contributed by atoms with E-state index in [0.29, 0.717) is 17.5 Å². The van der Waals surface area contributed by atoms with Gasteiger partial charge in [-0.15, -0.1) is 0 Å². The summed E-state index contributed by atoms with van der Waals surface area (Å²) in [6.07, 6.45) is -4.64. The van der Waals surface area contributed by atoms with Gasteiger partial charge in [-0.1, -0.05) is 50.2 Å². The van der Waals surface area contributed by atoms with Crippen molar-refractivity contribution >= 4 is 15.7 Å². The van der Waals surface area contributed by atoms with Crippen LogP contribution in [0.5, 0.6) is 5.75 Å². The van der Waals surface area contributed by atoms with Crippen LogP contribution in [0.1, 0.15) is 30.9 Å². The monoisotopic (exact) mass is 461 g/mol. The first-order valence-electron chi connectivity index (χ1n) is 10.1. The van der Waals surface area contributed by atoms with Gasteiger partial charge in [0.1, 0.15) is 12.4 Å². The lowest BCUT2D eigenvalue weighted by Gasteiger charge is -2.31. The lowest BCUT2D eigenvalue weighted by molar-refractivity contribution is -0.137. The fourth-order valence-corrected chi connectivity index (χ4v) is 5.33. The Morgan fingerprint density at radius 3 is 2.44 bits per heavy atom. The highest BCUT2D eigenvalue weighted by Crippen LogP contribution is 2.40. The Balaban J connectivity index is 1.81. The molecule has 0 saturated heterocycles. The third-order valence-electron chi connectivity index (χ3n) is 5.42. The number of rotatable bonds is 4. The first-order valence-corrected chi connectivity index (χ1v) is 11.6. The maximum atomic E-state index is 13.4. The van der Waals surface area contributed by atoms with Gasteiger partial charge in [0, 0.05) is 0 Å². The van der Waals surface area contributed by atoms with E-state index in [2.05, 4.69) is 13.8 Å². The van der Waals surface area contributed by atoms with Crippen molar-refractivity contribution in [3.8, 4) is 16.9 Å². The van der Waals surface area contributed by atoms with E-state index in [0.717, 1.165) is 33.1 Å². The van der Waals surface area contributed by atoms with Crippen molar-refractivity contribution < 1.29 is 26.3 Å². The minimum absolute atomic E-state index is 0.000853. The number of halogens is 3. The van der Waals surface area contributed by atoms with E-state index in [4.69, 9.17) is 4.74 Å². The molecule has 0 aliphatic carbocycles. The summed E-state index contributed by atoms with van der Waals surface area (Å²) in [6, 6.07) is 16.9. The number of nitrogens with zero attached hydrogens (tertiary/aromatic N) is 1. The number of hydrogen-bond donors (Lipinski definition) is 0. The fourth-order valence-electron chi connectivity index (χ4n) is 3.83. The molecule has 1 aliphatic heterocycles. The smallest absolute Gasteiger partial charge is 0.416 e. The molecule has 32 heavy (non-hydrogen) atoms. The van der Waals surface area contributed by atoms with Crippen LogP contribution in [0.4, 0.5) is 18.9 Å². The Labute approximate surface area is 185 Å². The number of hydrogen-bond acceptors (Lipinski definition) is 3. The number of ether oxygens (including phenoxy) is 1. The normalized spacial score (nSPS) is 14.2. The molecule has 168 valence electrons. The molecule has 4 rings (SSSR count). The highest BCUT2D eigenvalue weighted by molar-refractivity contribution is 7.92. The second-order valence-electron chi connectivity index (χ2n) is 7.88. The van der Waals surface area contributed by atoms with Crippen molar-refractivity contribution in [2.24, 2.45) is 0 Å². The third-order valence-corrected chi connectivity index (χ3v) is 7.23. The van der Waals surface area contributed by atoms with E-state index in [1.54, 1.807) is 12.1 Å². The SMILES string of the molecule is CC(C)c1ccccc1-c1ccc2c(c1)N(S(=O)(=O)c1cccc(C(F)(F)F)c1)CCO2. The van der Waals surface area contributed by atoms with E-state index < -0.39 is 26.7 Å². The average Bonchev–Trinajstić information content (AvgIpc) is 2.77. The molecule has 0 spiro atoms. The lowest BCUT2D eigenvalue weighted by atomic mass is 9.92. The van der Waals surface area contributed by atoms with Crippen molar-refractivity contribution in [2.45, 2.75) is 30.8 Å². The Hall–Kier alpha value is -3.00. The van der Waals surface area contributed by atoms with Crippen molar-refractivity contribution in [3.63, 3.8) is 0 Å². The van der Waals surface area contributed by atoms with E-state index in [9.17, 15) is 21.6 Å². The van der Waals surface area contributed by atoms with Gasteiger partial charge in [-0.05, 0) is 52.9 Å². The van der Waals surface area contributed by atoms with Gasteiger partial charge in [0.15, 0.2) is 0 Å². The highest BCUT2D eigenvalue weighted by atomic mass is 32.2. The number of fused-ring (bicyclic) bond motifs is 1. The standard InChI is InChI=1S/C24H22F3NO3S/c1-16(2)20-8-3-4-9-21(20)17-10-11-23-22(14-17)28(12-13-31-23)32(29,30)19-7-5-6-18(15-19)24(25,26)27/h3-11,14-16H,12-13H2,1-2H3. The number of alkyl halides is 3. The van der Waals surface area contributed by atoms with Gasteiger partial charge < -0.3 is 4.74 Å². The Morgan fingerprint density at radius 2 is 1.72 bits per heavy atom. The minimum Gasteiger partial charge on any atom is -0.489 e. The summed E-state index contributed by atoms with van der Waals surface area (Å²) in [4.78, 5) is -0.409. The Kier molecular flexibility index (Phi) is 5.67. The summed E-state index contributed by atoms with van der Waals surface area (Å²) in [5, 5.41) is 0. The Morgan fingerprint density at radius 1 is 0.969 bits per heavy atom. The molecule has 1 aliphatic rings. The van der Waals surface area contributed by atoms with Gasteiger partial charge in [0.05, 0.1) is 22.7 Å². The maximum absolute atomic E-state index is 13.4. The molecule has 3 aromatic carbocycles. The van der Waals surface area contributed by atoms with Crippen LogP contribution in [0, 0.1) is 0 Å². The number of anilines is 1. The minimum atomic E-state index is -4.64. The van der Waals surface area contributed by atoms with Crippen molar-refractivity contribution in [2.75, 3.05) is 17.5 Å². The largest absolute Gasteiger partial charge is 0.489 e. The van der Waals surface area contributed by atoms with Crippen LogP contribution in [0.25, 0.3) is 11.1 Å². The molecule has 1 heterocycles. The van der Waals surface area contributed by atoms with Gasteiger partial charge in [-0.25, -0.2) is 8.42 Å². The van der Waals surface area contributed by atoms with Gasteiger partial charge in [-0.2, -0.15) is 13.2 Å². The van der Waals surface area contributed by atoms with E-state index in [1.165, 1.54) is 6.07 Å². The summed E-state index contributed by atoms with van der Waals surface area (Å²) in [5.74, 6) is 0.626. The molecule has 0 unspecified atom stereocenters. The number of benzene rings is 3. The van der Waals surface area contributed by atoms with Gasteiger partial charge in [0.2, 0.25) is 0 Å². The van der Waals surface area contributed by atoms with Crippen LogP contribution in [-0.2, 0) is 16.2 Å². The number of sulfonamides is 1. The predicted octanol–water partition coefficient (Wildman–Crippen LogP) is 6.08. The van der Waals surface area contributed by atoms with Crippen molar-refractivity contribution in [1.29, 1.82) is 0 Å². The molecule has 0 N–H and O–H groups in total. The molecular weight excluding hydrogens is 439 g/mol. The van der Waals surface area contributed by atoms with Gasteiger partial charge in [0.25, 0.3) is 10.0 Å². The fraction of sp³-hybridized carbons (Fsp3) is 0.250. The lowest BCUT2D eigenvalue weighted by Crippen LogP contribution is -2.38. The van der Waals surface area contributed by atoms with Crippen LogP contribution in [0.3, 0.4) is 0 Å². The Bertz CT molecular complexity index is 1250.